The molecule has 0 saturated carbocycles. The predicted octanol–water partition coefficient (Wildman–Crippen LogP) is 3.25. The Labute approximate surface area is 90.1 Å². The Morgan fingerprint density at radius 2 is 1.93 bits per heavy atom. The van der Waals surface area contributed by atoms with E-state index in [2.05, 4.69) is 19.1 Å². The minimum Gasteiger partial charge on any atom is -0.298 e. The molecule has 0 N–H and O–H groups in total. The van der Waals surface area contributed by atoms with E-state index >= 15 is 0 Å². The minimum absolute atomic E-state index is 0.244. The van der Waals surface area contributed by atoms with E-state index in [1.807, 2.05) is 30.4 Å². The summed E-state index contributed by atoms with van der Waals surface area (Å²) in [6, 6.07) is 10.2. The van der Waals surface area contributed by atoms with E-state index in [0.29, 0.717) is 0 Å². The van der Waals surface area contributed by atoms with Gasteiger partial charge in [-0.3, -0.25) is 4.79 Å². The molecule has 0 bridgehead atoms. The van der Waals surface area contributed by atoms with Gasteiger partial charge in [0, 0.05) is 5.92 Å². The number of allylic oxidation sites excluding steroid dienone is 4. The molecule has 1 aliphatic rings. The Morgan fingerprint density at radius 3 is 2.60 bits per heavy atom. The van der Waals surface area contributed by atoms with E-state index in [0.717, 1.165) is 18.3 Å². The normalized spacial score (nSPS) is 20.5. The summed E-state index contributed by atoms with van der Waals surface area (Å²) >= 11 is 0. The van der Waals surface area contributed by atoms with Crippen LogP contribution in [0.5, 0.6) is 0 Å². The van der Waals surface area contributed by atoms with Crippen LogP contribution in [0, 0.1) is 0 Å². The Bertz CT molecular complexity index is 412. The second kappa shape index (κ2) is 4.26. The maximum absolute atomic E-state index is 11.0. The highest BCUT2D eigenvalue weighted by molar-refractivity contribution is 5.77. The molecule has 15 heavy (non-hydrogen) atoms. The summed E-state index contributed by atoms with van der Waals surface area (Å²) in [5, 5.41) is 0. The summed E-state index contributed by atoms with van der Waals surface area (Å²) in [6.45, 7) is 2.11. The molecule has 0 aliphatic heterocycles. The number of hydrogen-bond donors (Lipinski definition) is 0. The van der Waals surface area contributed by atoms with Gasteiger partial charge in [0.2, 0.25) is 0 Å². The lowest BCUT2D eigenvalue weighted by atomic mass is 9.83. The van der Waals surface area contributed by atoms with Crippen LogP contribution in [0.25, 0.3) is 0 Å². The van der Waals surface area contributed by atoms with Crippen molar-refractivity contribution < 1.29 is 4.79 Å². The van der Waals surface area contributed by atoms with Gasteiger partial charge in [-0.2, -0.15) is 0 Å². The summed E-state index contributed by atoms with van der Waals surface area (Å²) in [5.41, 5.74) is 3.43. The standard InChI is InChI=1S/C14H14O/c1-11-7-8-13(10-15)14(9-11)12-5-3-2-4-6-12/h2-8,10,14H,9H2,1H3. The Balaban J connectivity index is 2.35. The van der Waals surface area contributed by atoms with Crippen molar-refractivity contribution in [1.29, 1.82) is 0 Å². The van der Waals surface area contributed by atoms with Gasteiger partial charge in [-0.15, -0.1) is 0 Å². The van der Waals surface area contributed by atoms with Crippen LogP contribution in [0.15, 0.2) is 53.6 Å². The fraction of sp³-hybridized carbons (Fsp3) is 0.214. The number of carbonyl (C=O) groups excluding carboxylic acids is 1. The van der Waals surface area contributed by atoms with Crippen LogP contribution in [0.2, 0.25) is 0 Å². The summed E-state index contributed by atoms with van der Waals surface area (Å²) in [4.78, 5) is 11.0. The van der Waals surface area contributed by atoms with Crippen molar-refractivity contribution in [2.24, 2.45) is 0 Å². The van der Waals surface area contributed by atoms with E-state index in [9.17, 15) is 4.79 Å². The molecule has 0 heterocycles. The molecule has 0 radical (unpaired) electrons. The van der Waals surface area contributed by atoms with Crippen LogP contribution >= 0.6 is 0 Å². The highest BCUT2D eigenvalue weighted by Gasteiger charge is 2.18. The lowest BCUT2D eigenvalue weighted by molar-refractivity contribution is -0.105. The maximum Gasteiger partial charge on any atom is 0.146 e. The lowest BCUT2D eigenvalue weighted by Crippen LogP contribution is -2.07. The van der Waals surface area contributed by atoms with Crippen molar-refractivity contribution in [3.63, 3.8) is 0 Å². The van der Waals surface area contributed by atoms with Crippen molar-refractivity contribution in [1.82, 2.24) is 0 Å². The number of carbonyl (C=O) groups is 1. The van der Waals surface area contributed by atoms with E-state index in [1.54, 1.807) is 0 Å². The molecule has 1 heteroatoms. The number of benzene rings is 1. The van der Waals surface area contributed by atoms with Gasteiger partial charge >= 0.3 is 0 Å². The molecule has 1 nitrogen and oxygen atoms in total. The lowest BCUT2D eigenvalue weighted by Gasteiger charge is -2.20. The summed E-state index contributed by atoms with van der Waals surface area (Å²) in [6.07, 6.45) is 5.89. The molecular formula is C14H14O. The zero-order valence-corrected chi connectivity index (χ0v) is 8.81. The summed E-state index contributed by atoms with van der Waals surface area (Å²) < 4.78 is 0. The summed E-state index contributed by atoms with van der Waals surface area (Å²) in [5.74, 6) is 0.244. The van der Waals surface area contributed by atoms with E-state index in [1.165, 1.54) is 11.1 Å². The molecule has 0 aromatic heterocycles. The number of hydrogen-bond acceptors (Lipinski definition) is 1. The summed E-state index contributed by atoms with van der Waals surface area (Å²) in [7, 11) is 0. The van der Waals surface area contributed by atoms with E-state index in [4.69, 9.17) is 0 Å². The molecule has 1 aromatic carbocycles. The van der Waals surface area contributed by atoms with Crippen molar-refractivity contribution >= 4 is 6.29 Å². The fourth-order valence-corrected chi connectivity index (χ4v) is 1.98. The predicted molar refractivity (Wildman–Crippen MR) is 61.7 cm³/mol. The van der Waals surface area contributed by atoms with Crippen molar-refractivity contribution in [2.75, 3.05) is 0 Å². The molecule has 0 amide bonds. The molecule has 0 saturated heterocycles. The van der Waals surface area contributed by atoms with Gasteiger partial charge < -0.3 is 0 Å². The monoisotopic (exact) mass is 198 g/mol. The number of rotatable bonds is 2. The SMILES string of the molecule is CC1=CC=C(C=O)C(c2ccccc2)C1. The van der Waals surface area contributed by atoms with E-state index in [-0.39, 0.29) is 5.92 Å². The zero-order valence-electron chi connectivity index (χ0n) is 8.81. The first kappa shape index (κ1) is 9.91. The number of aldehydes is 1. The van der Waals surface area contributed by atoms with Gasteiger partial charge in [0.05, 0.1) is 0 Å². The molecule has 1 unspecified atom stereocenters. The topological polar surface area (TPSA) is 17.1 Å². The van der Waals surface area contributed by atoms with Gasteiger partial charge in [-0.05, 0) is 24.5 Å². The Morgan fingerprint density at radius 1 is 1.20 bits per heavy atom. The van der Waals surface area contributed by atoms with Crippen LogP contribution in [-0.4, -0.2) is 6.29 Å². The average molecular weight is 198 g/mol. The third kappa shape index (κ3) is 2.07. The fourth-order valence-electron chi connectivity index (χ4n) is 1.98. The zero-order chi connectivity index (χ0) is 10.7. The smallest absolute Gasteiger partial charge is 0.146 e. The molecular weight excluding hydrogens is 184 g/mol. The molecule has 1 atom stereocenters. The molecule has 2 rings (SSSR count). The molecule has 1 aliphatic carbocycles. The van der Waals surface area contributed by atoms with Crippen LogP contribution in [-0.2, 0) is 4.79 Å². The third-order valence-electron chi connectivity index (χ3n) is 2.83. The van der Waals surface area contributed by atoms with Crippen LogP contribution in [0.1, 0.15) is 24.8 Å². The first-order valence-electron chi connectivity index (χ1n) is 5.18. The largest absolute Gasteiger partial charge is 0.298 e. The molecule has 0 spiro atoms. The highest BCUT2D eigenvalue weighted by atomic mass is 16.1. The first-order chi connectivity index (χ1) is 7.31. The van der Waals surface area contributed by atoms with Crippen molar-refractivity contribution in [2.45, 2.75) is 19.3 Å². The molecule has 76 valence electrons. The third-order valence-corrected chi connectivity index (χ3v) is 2.83. The van der Waals surface area contributed by atoms with Crippen molar-refractivity contribution in [3.05, 3.63) is 59.2 Å². The van der Waals surface area contributed by atoms with Crippen LogP contribution in [0.4, 0.5) is 0 Å². The average Bonchev–Trinajstić information content (AvgIpc) is 2.30. The van der Waals surface area contributed by atoms with Crippen LogP contribution in [0.3, 0.4) is 0 Å². The van der Waals surface area contributed by atoms with Crippen LogP contribution < -0.4 is 0 Å². The van der Waals surface area contributed by atoms with Gasteiger partial charge in [0.1, 0.15) is 6.29 Å². The van der Waals surface area contributed by atoms with Gasteiger partial charge in [0.25, 0.3) is 0 Å². The molecule has 0 fully saturated rings. The maximum atomic E-state index is 11.0. The molecule has 1 aromatic rings. The quantitative estimate of drug-likeness (QED) is 0.667. The van der Waals surface area contributed by atoms with Gasteiger partial charge in [-0.1, -0.05) is 48.1 Å². The second-order valence-electron chi connectivity index (χ2n) is 3.96. The highest BCUT2D eigenvalue weighted by Crippen LogP contribution is 2.32. The van der Waals surface area contributed by atoms with E-state index < -0.39 is 0 Å². The Kier molecular flexibility index (Phi) is 2.82. The second-order valence-corrected chi connectivity index (χ2v) is 3.96. The Hall–Kier alpha value is -1.63. The van der Waals surface area contributed by atoms with Gasteiger partial charge in [0.15, 0.2) is 0 Å². The first-order valence-corrected chi connectivity index (χ1v) is 5.18. The van der Waals surface area contributed by atoms with Gasteiger partial charge in [-0.25, -0.2) is 0 Å². The minimum atomic E-state index is 0.244. The van der Waals surface area contributed by atoms with Crippen molar-refractivity contribution in [3.8, 4) is 0 Å².